The molecular formula is C23H24ClN3. The number of aromatic nitrogens is 1. The molecule has 0 bridgehead atoms. The summed E-state index contributed by atoms with van der Waals surface area (Å²) in [5.41, 5.74) is 7.84. The van der Waals surface area contributed by atoms with Gasteiger partial charge in [0.05, 0.1) is 0 Å². The number of benzene rings is 1. The van der Waals surface area contributed by atoms with E-state index in [0.717, 1.165) is 29.2 Å². The van der Waals surface area contributed by atoms with E-state index in [1.165, 1.54) is 61.3 Å². The van der Waals surface area contributed by atoms with Gasteiger partial charge in [-0.3, -0.25) is 4.98 Å². The van der Waals surface area contributed by atoms with Crippen molar-refractivity contribution in [1.29, 1.82) is 0 Å². The molecule has 5 rings (SSSR count). The summed E-state index contributed by atoms with van der Waals surface area (Å²) in [5.74, 6) is 0. The highest BCUT2D eigenvalue weighted by molar-refractivity contribution is 6.30. The van der Waals surface area contributed by atoms with E-state index >= 15 is 0 Å². The van der Waals surface area contributed by atoms with Crippen molar-refractivity contribution < 1.29 is 0 Å². The predicted molar refractivity (Wildman–Crippen MR) is 112 cm³/mol. The minimum absolute atomic E-state index is 0.764. The Morgan fingerprint density at radius 2 is 1.67 bits per heavy atom. The third-order valence-electron chi connectivity index (χ3n) is 5.89. The molecule has 0 N–H and O–H groups in total. The zero-order valence-electron chi connectivity index (χ0n) is 15.5. The largest absolute Gasteiger partial charge is 0.365 e. The standard InChI is InChI=1S/C23H24ClN3/c24-20-6-4-17(5-7-20)18-12-19(15-25-14-18)22-16-27(23-13-21(22)23)11-10-26-8-2-1-3-9-26/h4-7,12-15H,1-3,8-11,16H2. The number of nitrogens with zero attached hydrogens (tertiary/aromatic N) is 3. The lowest BCUT2D eigenvalue weighted by Gasteiger charge is -2.29. The second kappa shape index (κ2) is 7.14. The third-order valence-corrected chi connectivity index (χ3v) is 6.14. The van der Waals surface area contributed by atoms with Crippen LogP contribution < -0.4 is 0 Å². The van der Waals surface area contributed by atoms with Gasteiger partial charge in [-0.15, -0.1) is 0 Å². The van der Waals surface area contributed by atoms with Crippen molar-refractivity contribution in [2.45, 2.75) is 19.3 Å². The van der Waals surface area contributed by atoms with E-state index in [9.17, 15) is 0 Å². The molecule has 138 valence electrons. The molecule has 2 aromatic rings. The summed E-state index contributed by atoms with van der Waals surface area (Å²) in [6.07, 6.45) is 10.4. The molecule has 3 heterocycles. The topological polar surface area (TPSA) is 19.4 Å². The molecule has 1 aromatic heterocycles. The SMILES string of the molecule is Clc1ccc(-c2cncc(C3=C4C=C4N(CCN4CCCCC4)C3)c2)cc1. The van der Waals surface area contributed by atoms with Crippen molar-refractivity contribution in [1.82, 2.24) is 14.8 Å². The lowest BCUT2D eigenvalue weighted by molar-refractivity contribution is 0.208. The number of pyridine rings is 1. The van der Waals surface area contributed by atoms with Crippen LogP contribution in [0.2, 0.25) is 5.02 Å². The van der Waals surface area contributed by atoms with E-state index in [2.05, 4.69) is 39.1 Å². The zero-order valence-corrected chi connectivity index (χ0v) is 16.3. The van der Waals surface area contributed by atoms with Gasteiger partial charge in [0, 0.05) is 53.9 Å². The lowest BCUT2D eigenvalue weighted by Crippen LogP contribution is -2.36. The number of piperidine rings is 1. The van der Waals surface area contributed by atoms with E-state index in [-0.39, 0.29) is 0 Å². The number of fused-ring (bicyclic) bond motifs is 1. The lowest BCUT2D eigenvalue weighted by atomic mass is 10.0. The Morgan fingerprint density at radius 1 is 0.889 bits per heavy atom. The molecule has 0 radical (unpaired) electrons. The van der Waals surface area contributed by atoms with Crippen molar-refractivity contribution in [2.75, 3.05) is 32.7 Å². The molecule has 27 heavy (non-hydrogen) atoms. The molecule has 0 atom stereocenters. The van der Waals surface area contributed by atoms with Crippen molar-refractivity contribution in [3.63, 3.8) is 0 Å². The number of hydrogen-bond acceptors (Lipinski definition) is 3. The Morgan fingerprint density at radius 3 is 2.48 bits per heavy atom. The van der Waals surface area contributed by atoms with E-state index in [1.807, 2.05) is 24.5 Å². The summed E-state index contributed by atoms with van der Waals surface area (Å²) in [6, 6.07) is 10.2. The fraction of sp³-hybridized carbons (Fsp3) is 0.348. The quantitative estimate of drug-likeness (QED) is 0.742. The fourth-order valence-electron chi connectivity index (χ4n) is 4.26. The molecule has 0 spiro atoms. The summed E-state index contributed by atoms with van der Waals surface area (Å²) >= 11 is 6.02. The van der Waals surface area contributed by atoms with Crippen molar-refractivity contribution in [3.05, 3.63) is 70.7 Å². The highest BCUT2D eigenvalue weighted by Gasteiger charge is 2.35. The van der Waals surface area contributed by atoms with Gasteiger partial charge in [-0.1, -0.05) is 30.2 Å². The van der Waals surface area contributed by atoms with E-state index in [4.69, 9.17) is 11.6 Å². The number of allylic oxidation sites excluding steroid dienone is 2. The minimum atomic E-state index is 0.764. The van der Waals surface area contributed by atoms with Crippen molar-refractivity contribution >= 4 is 17.2 Å². The molecule has 3 aliphatic rings. The summed E-state index contributed by atoms with van der Waals surface area (Å²) in [4.78, 5) is 9.66. The predicted octanol–water partition coefficient (Wildman–Crippen LogP) is 4.85. The number of hydrogen-bond donors (Lipinski definition) is 0. The summed E-state index contributed by atoms with van der Waals surface area (Å²) in [5, 5.41) is 0.764. The van der Waals surface area contributed by atoms with E-state index in [0.29, 0.717) is 0 Å². The van der Waals surface area contributed by atoms with Crippen LogP contribution in [0.15, 0.2) is 60.1 Å². The van der Waals surface area contributed by atoms with Gasteiger partial charge in [-0.25, -0.2) is 0 Å². The Bertz CT molecular complexity index is 907. The first-order chi connectivity index (χ1) is 13.3. The van der Waals surface area contributed by atoms with Crippen LogP contribution in [-0.2, 0) is 0 Å². The molecule has 3 nitrogen and oxygen atoms in total. The Balaban J connectivity index is 1.28. The molecule has 1 fully saturated rings. The molecule has 0 amide bonds. The van der Waals surface area contributed by atoms with Crippen LogP contribution in [0.25, 0.3) is 16.7 Å². The van der Waals surface area contributed by atoms with Gasteiger partial charge < -0.3 is 9.80 Å². The Hall–Kier alpha value is -2.10. The second-order valence-electron chi connectivity index (χ2n) is 7.71. The first kappa shape index (κ1) is 17.0. The number of halogens is 1. The number of rotatable bonds is 5. The molecule has 1 aromatic carbocycles. The van der Waals surface area contributed by atoms with Crippen LogP contribution in [0.1, 0.15) is 24.8 Å². The molecule has 2 aliphatic heterocycles. The van der Waals surface area contributed by atoms with Crippen LogP contribution in [0, 0.1) is 0 Å². The maximum atomic E-state index is 6.02. The summed E-state index contributed by atoms with van der Waals surface area (Å²) in [6.45, 7) is 5.87. The summed E-state index contributed by atoms with van der Waals surface area (Å²) in [7, 11) is 0. The van der Waals surface area contributed by atoms with Gasteiger partial charge in [0.1, 0.15) is 0 Å². The minimum Gasteiger partial charge on any atom is -0.365 e. The average molecular weight is 378 g/mol. The molecule has 0 unspecified atom stereocenters. The number of likely N-dealkylation sites (tertiary alicyclic amines) is 1. The van der Waals surface area contributed by atoms with Crippen LogP contribution in [-0.4, -0.2) is 47.5 Å². The van der Waals surface area contributed by atoms with Crippen LogP contribution in [0.5, 0.6) is 0 Å². The fourth-order valence-corrected chi connectivity index (χ4v) is 4.39. The summed E-state index contributed by atoms with van der Waals surface area (Å²) < 4.78 is 0. The molecule has 1 aliphatic carbocycles. The van der Waals surface area contributed by atoms with E-state index < -0.39 is 0 Å². The highest BCUT2D eigenvalue weighted by Crippen LogP contribution is 2.45. The van der Waals surface area contributed by atoms with Crippen LogP contribution >= 0.6 is 11.6 Å². The highest BCUT2D eigenvalue weighted by atomic mass is 35.5. The van der Waals surface area contributed by atoms with Gasteiger partial charge >= 0.3 is 0 Å². The Labute approximate surface area is 166 Å². The maximum Gasteiger partial charge on any atom is 0.0454 e. The van der Waals surface area contributed by atoms with Gasteiger partial charge in [-0.05, 0) is 66.9 Å². The Kier molecular flexibility index (Phi) is 4.50. The van der Waals surface area contributed by atoms with Crippen molar-refractivity contribution in [2.24, 2.45) is 0 Å². The monoisotopic (exact) mass is 377 g/mol. The molecule has 1 saturated heterocycles. The van der Waals surface area contributed by atoms with Gasteiger partial charge in [0.15, 0.2) is 0 Å². The van der Waals surface area contributed by atoms with Crippen molar-refractivity contribution in [3.8, 4) is 11.1 Å². The van der Waals surface area contributed by atoms with Gasteiger partial charge in [0.25, 0.3) is 0 Å². The third kappa shape index (κ3) is 3.54. The van der Waals surface area contributed by atoms with Gasteiger partial charge in [-0.2, -0.15) is 0 Å². The first-order valence-corrected chi connectivity index (χ1v) is 10.3. The maximum absolute atomic E-state index is 6.02. The molecule has 0 saturated carbocycles. The smallest absolute Gasteiger partial charge is 0.0454 e. The molecule has 4 heteroatoms. The van der Waals surface area contributed by atoms with Crippen LogP contribution in [0.3, 0.4) is 0 Å². The van der Waals surface area contributed by atoms with Gasteiger partial charge in [0.2, 0.25) is 0 Å². The van der Waals surface area contributed by atoms with Crippen LogP contribution in [0.4, 0.5) is 0 Å². The van der Waals surface area contributed by atoms with E-state index in [1.54, 1.807) is 0 Å². The second-order valence-corrected chi connectivity index (χ2v) is 8.15. The molecular weight excluding hydrogens is 354 g/mol. The first-order valence-electron chi connectivity index (χ1n) is 9.92. The zero-order chi connectivity index (χ0) is 18.2. The average Bonchev–Trinajstić information content (AvgIpc) is 3.43. The normalized spacial score (nSPS) is 19.3.